The van der Waals surface area contributed by atoms with E-state index < -0.39 is 0 Å². The predicted octanol–water partition coefficient (Wildman–Crippen LogP) is 7.60. The number of hydrogen-bond donors (Lipinski definition) is 0. The molecule has 0 aromatic heterocycles. The van der Waals surface area contributed by atoms with E-state index in [0.717, 1.165) is 17.5 Å². The van der Waals surface area contributed by atoms with Crippen molar-refractivity contribution in [3.63, 3.8) is 0 Å². The summed E-state index contributed by atoms with van der Waals surface area (Å²) in [4.78, 5) is 13.6. The summed E-state index contributed by atoms with van der Waals surface area (Å²) in [5, 5.41) is 0. The van der Waals surface area contributed by atoms with Gasteiger partial charge in [-0.15, -0.1) is 11.8 Å². The first-order valence-electron chi connectivity index (χ1n) is 10.2. The standard InChI is InChI=1S/C25H32OS/c1-3-4-5-6-7-8-9-10-21-11-16-23(17-12-21)25(26)20-15-22-13-18-24(27-2)19-14-22/h11-20H,3-10H2,1-2H3/b20-15+. The van der Waals surface area contributed by atoms with E-state index in [1.165, 1.54) is 55.4 Å². The van der Waals surface area contributed by atoms with Crippen LogP contribution in [0.3, 0.4) is 0 Å². The Morgan fingerprint density at radius 3 is 2.11 bits per heavy atom. The lowest BCUT2D eigenvalue weighted by molar-refractivity contribution is 0.104. The summed E-state index contributed by atoms with van der Waals surface area (Å²) in [6, 6.07) is 16.4. The van der Waals surface area contributed by atoms with Gasteiger partial charge in [0.2, 0.25) is 0 Å². The Bertz CT molecular complexity index is 698. The monoisotopic (exact) mass is 380 g/mol. The van der Waals surface area contributed by atoms with Crippen molar-refractivity contribution in [2.75, 3.05) is 6.26 Å². The fourth-order valence-corrected chi connectivity index (χ4v) is 3.51. The van der Waals surface area contributed by atoms with Crippen LogP contribution in [0.15, 0.2) is 59.5 Å². The second-order valence-electron chi connectivity index (χ2n) is 7.04. The van der Waals surface area contributed by atoms with Gasteiger partial charge in [-0.25, -0.2) is 0 Å². The number of hydrogen-bond acceptors (Lipinski definition) is 2. The number of allylic oxidation sites excluding steroid dienone is 1. The Balaban J connectivity index is 1.76. The quantitative estimate of drug-likeness (QED) is 0.163. The summed E-state index contributed by atoms with van der Waals surface area (Å²) in [6.45, 7) is 2.26. The van der Waals surface area contributed by atoms with Crippen LogP contribution >= 0.6 is 11.8 Å². The van der Waals surface area contributed by atoms with Crippen LogP contribution in [0.4, 0.5) is 0 Å². The molecule has 0 saturated carbocycles. The molecular formula is C25H32OS. The minimum Gasteiger partial charge on any atom is -0.289 e. The van der Waals surface area contributed by atoms with Gasteiger partial charge in [-0.3, -0.25) is 4.79 Å². The Labute approximate surface area is 169 Å². The Kier molecular flexibility index (Phi) is 10.0. The van der Waals surface area contributed by atoms with Gasteiger partial charge in [-0.2, -0.15) is 0 Å². The summed E-state index contributed by atoms with van der Waals surface area (Å²) < 4.78 is 0. The molecule has 0 aliphatic heterocycles. The van der Waals surface area contributed by atoms with Crippen molar-refractivity contribution in [1.82, 2.24) is 0 Å². The van der Waals surface area contributed by atoms with Crippen LogP contribution in [0.25, 0.3) is 6.08 Å². The molecule has 0 aliphatic carbocycles. The van der Waals surface area contributed by atoms with Gasteiger partial charge in [-0.05, 0) is 48.4 Å². The molecule has 2 aromatic carbocycles. The molecule has 0 bridgehead atoms. The van der Waals surface area contributed by atoms with Gasteiger partial charge in [0, 0.05) is 10.5 Å². The Hall–Kier alpha value is -1.80. The van der Waals surface area contributed by atoms with E-state index in [2.05, 4.69) is 37.4 Å². The van der Waals surface area contributed by atoms with E-state index in [1.807, 2.05) is 30.3 Å². The molecule has 0 spiro atoms. The largest absolute Gasteiger partial charge is 0.289 e. The van der Waals surface area contributed by atoms with Gasteiger partial charge in [0.1, 0.15) is 0 Å². The van der Waals surface area contributed by atoms with Crippen LogP contribution in [0.1, 0.15) is 73.4 Å². The van der Waals surface area contributed by atoms with Gasteiger partial charge in [0.25, 0.3) is 0 Å². The van der Waals surface area contributed by atoms with E-state index >= 15 is 0 Å². The average Bonchev–Trinajstić information content (AvgIpc) is 2.72. The first-order chi connectivity index (χ1) is 13.2. The van der Waals surface area contributed by atoms with Crippen molar-refractivity contribution in [3.8, 4) is 0 Å². The number of carbonyl (C=O) groups excluding carboxylic acids is 1. The highest BCUT2D eigenvalue weighted by atomic mass is 32.2. The van der Waals surface area contributed by atoms with Crippen molar-refractivity contribution < 1.29 is 4.79 Å². The summed E-state index contributed by atoms with van der Waals surface area (Å²) in [6.07, 6.45) is 16.0. The summed E-state index contributed by atoms with van der Waals surface area (Å²) in [5.74, 6) is 0.0615. The van der Waals surface area contributed by atoms with Gasteiger partial charge in [0.05, 0.1) is 0 Å². The number of carbonyl (C=O) groups is 1. The summed E-state index contributed by atoms with van der Waals surface area (Å²) in [7, 11) is 0. The minimum atomic E-state index is 0.0615. The average molecular weight is 381 g/mol. The highest BCUT2D eigenvalue weighted by molar-refractivity contribution is 7.98. The molecule has 2 aromatic rings. The topological polar surface area (TPSA) is 17.1 Å². The first kappa shape index (κ1) is 21.5. The molecule has 2 heteroatoms. The second kappa shape index (κ2) is 12.6. The maximum atomic E-state index is 12.3. The minimum absolute atomic E-state index is 0.0615. The molecule has 0 fully saturated rings. The molecule has 0 heterocycles. The van der Waals surface area contributed by atoms with Crippen molar-refractivity contribution in [1.29, 1.82) is 0 Å². The zero-order valence-electron chi connectivity index (χ0n) is 16.7. The molecule has 2 rings (SSSR count). The van der Waals surface area contributed by atoms with Crippen LogP contribution in [0.2, 0.25) is 0 Å². The Morgan fingerprint density at radius 2 is 1.48 bits per heavy atom. The number of thioether (sulfide) groups is 1. The van der Waals surface area contributed by atoms with Gasteiger partial charge in [0.15, 0.2) is 5.78 Å². The molecule has 0 saturated heterocycles. The third-order valence-corrected chi connectivity index (χ3v) is 5.59. The zero-order chi connectivity index (χ0) is 19.3. The lowest BCUT2D eigenvalue weighted by Gasteiger charge is -2.03. The number of ketones is 1. The van der Waals surface area contributed by atoms with Gasteiger partial charge < -0.3 is 0 Å². The third-order valence-electron chi connectivity index (χ3n) is 4.85. The molecule has 0 N–H and O–H groups in total. The molecule has 27 heavy (non-hydrogen) atoms. The predicted molar refractivity (Wildman–Crippen MR) is 120 cm³/mol. The van der Waals surface area contributed by atoms with Gasteiger partial charge in [-0.1, -0.05) is 87.9 Å². The van der Waals surface area contributed by atoms with E-state index in [0.29, 0.717) is 0 Å². The van der Waals surface area contributed by atoms with Crippen molar-refractivity contribution in [2.45, 2.75) is 63.2 Å². The van der Waals surface area contributed by atoms with Crippen molar-refractivity contribution in [2.24, 2.45) is 0 Å². The van der Waals surface area contributed by atoms with Crippen LogP contribution in [0.5, 0.6) is 0 Å². The molecule has 0 aliphatic rings. The van der Waals surface area contributed by atoms with Crippen molar-refractivity contribution >= 4 is 23.6 Å². The summed E-state index contributed by atoms with van der Waals surface area (Å²) >= 11 is 1.72. The number of aryl methyl sites for hydroxylation is 1. The van der Waals surface area contributed by atoms with E-state index in [-0.39, 0.29) is 5.78 Å². The maximum absolute atomic E-state index is 12.3. The van der Waals surface area contributed by atoms with Crippen LogP contribution in [-0.2, 0) is 6.42 Å². The molecule has 144 valence electrons. The van der Waals surface area contributed by atoms with E-state index in [4.69, 9.17) is 0 Å². The molecule has 0 unspecified atom stereocenters. The number of benzene rings is 2. The summed E-state index contributed by atoms with van der Waals surface area (Å²) in [5.41, 5.74) is 3.14. The van der Waals surface area contributed by atoms with Crippen LogP contribution < -0.4 is 0 Å². The highest BCUT2D eigenvalue weighted by Crippen LogP contribution is 2.16. The van der Waals surface area contributed by atoms with Gasteiger partial charge >= 0.3 is 0 Å². The van der Waals surface area contributed by atoms with E-state index in [1.54, 1.807) is 17.8 Å². The molecule has 0 radical (unpaired) electrons. The number of rotatable bonds is 12. The normalized spacial score (nSPS) is 11.2. The van der Waals surface area contributed by atoms with Crippen LogP contribution in [-0.4, -0.2) is 12.0 Å². The fourth-order valence-electron chi connectivity index (χ4n) is 3.11. The van der Waals surface area contributed by atoms with Crippen molar-refractivity contribution in [3.05, 3.63) is 71.3 Å². The molecule has 0 amide bonds. The highest BCUT2D eigenvalue weighted by Gasteiger charge is 2.02. The molecule has 0 atom stereocenters. The zero-order valence-corrected chi connectivity index (χ0v) is 17.6. The SMILES string of the molecule is CCCCCCCCCc1ccc(C(=O)/C=C/c2ccc(SC)cc2)cc1. The van der Waals surface area contributed by atoms with E-state index in [9.17, 15) is 4.79 Å². The fraction of sp³-hybridized carbons (Fsp3) is 0.400. The van der Waals surface area contributed by atoms with Crippen LogP contribution in [0, 0.1) is 0 Å². The lowest BCUT2D eigenvalue weighted by atomic mass is 10.0. The maximum Gasteiger partial charge on any atom is 0.185 e. The smallest absolute Gasteiger partial charge is 0.185 e. The Morgan fingerprint density at radius 1 is 0.852 bits per heavy atom. The lowest BCUT2D eigenvalue weighted by Crippen LogP contribution is -1.95. The second-order valence-corrected chi connectivity index (χ2v) is 7.92. The third kappa shape index (κ3) is 8.17. The number of unbranched alkanes of at least 4 members (excludes halogenated alkanes) is 6. The first-order valence-corrected chi connectivity index (χ1v) is 11.4. The molecular weight excluding hydrogens is 348 g/mol. The molecule has 1 nitrogen and oxygen atoms in total.